The zero-order chi connectivity index (χ0) is 26.4. The van der Waals surface area contributed by atoms with E-state index in [1.165, 1.54) is 18.2 Å². The molecule has 1 aromatic carbocycles. The number of sulfone groups is 1. The molecule has 11 heteroatoms. The van der Waals surface area contributed by atoms with Gasteiger partial charge in [0.05, 0.1) is 29.8 Å². The molecule has 0 spiro atoms. The summed E-state index contributed by atoms with van der Waals surface area (Å²) in [4.78, 5) is 9.45. The van der Waals surface area contributed by atoms with Crippen molar-refractivity contribution in [2.75, 3.05) is 37.5 Å². The van der Waals surface area contributed by atoms with Crippen LogP contribution in [0.5, 0.6) is 0 Å². The van der Waals surface area contributed by atoms with Crippen LogP contribution in [0.4, 0.5) is 19.0 Å². The van der Waals surface area contributed by atoms with Crippen molar-refractivity contribution in [3.05, 3.63) is 53.9 Å². The predicted octanol–water partition coefficient (Wildman–Crippen LogP) is 4.01. The number of rotatable bonds is 7. The van der Waals surface area contributed by atoms with Crippen LogP contribution in [0.15, 0.2) is 47.5 Å². The third-order valence-electron chi connectivity index (χ3n) is 6.67. The molecule has 2 N–H and O–H groups in total. The summed E-state index contributed by atoms with van der Waals surface area (Å²) < 4.78 is 72.1. The first-order valence-corrected chi connectivity index (χ1v) is 13.5. The normalized spacial score (nSPS) is 17.4. The molecule has 1 fully saturated rings. The van der Waals surface area contributed by atoms with Gasteiger partial charge in [0.1, 0.15) is 5.82 Å². The molecule has 1 aliphatic heterocycles. The van der Waals surface area contributed by atoms with Crippen molar-refractivity contribution in [3.63, 3.8) is 0 Å². The Morgan fingerprint density at radius 3 is 2.47 bits per heavy atom. The first kappa shape index (κ1) is 26.4. The minimum atomic E-state index is -4.92. The number of halogens is 3. The number of anilines is 1. The fourth-order valence-electron chi connectivity index (χ4n) is 4.70. The molecule has 4 rings (SSSR count). The van der Waals surface area contributed by atoms with Crippen molar-refractivity contribution in [1.29, 1.82) is 0 Å². The van der Waals surface area contributed by atoms with E-state index >= 15 is 0 Å². The van der Waals surface area contributed by atoms with Crippen LogP contribution in [0, 0.1) is 0 Å². The van der Waals surface area contributed by atoms with Gasteiger partial charge in [0.25, 0.3) is 0 Å². The molecule has 1 atom stereocenters. The number of benzene rings is 1. The van der Waals surface area contributed by atoms with Crippen molar-refractivity contribution in [1.82, 2.24) is 9.97 Å². The molecule has 1 unspecified atom stereocenters. The van der Waals surface area contributed by atoms with Crippen LogP contribution in [0.2, 0.25) is 0 Å². The van der Waals surface area contributed by atoms with Gasteiger partial charge < -0.3 is 19.7 Å². The minimum Gasteiger partial charge on any atom is -0.380 e. The molecule has 7 nitrogen and oxygen atoms in total. The van der Waals surface area contributed by atoms with Crippen molar-refractivity contribution >= 4 is 26.6 Å². The third-order valence-corrected chi connectivity index (χ3v) is 7.78. The van der Waals surface area contributed by atoms with Crippen LogP contribution >= 0.6 is 0 Å². The highest BCUT2D eigenvalue weighted by molar-refractivity contribution is 7.90. The number of aromatic amines is 1. The number of hydrogen-bond donors (Lipinski definition) is 2. The molecule has 3 heterocycles. The second-order valence-electron chi connectivity index (χ2n) is 10.1. The van der Waals surface area contributed by atoms with Gasteiger partial charge in [0, 0.05) is 36.8 Å². The maximum Gasteiger partial charge on any atom is 0.417 e. The van der Waals surface area contributed by atoms with Crippen molar-refractivity contribution in [2.24, 2.45) is 0 Å². The van der Waals surface area contributed by atoms with Crippen LogP contribution in [0.25, 0.3) is 10.9 Å². The Labute approximate surface area is 208 Å². The first-order valence-electron chi connectivity index (χ1n) is 11.6. The lowest BCUT2D eigenvalue weighted by Crippen LogP contribution is -2.50. The molecule has 0 saturated carbocycles. The maximum atomic E-state index is 14.3. The fraction of sp³-hybridized carbons (Fsp3) is 0.480. The Kier molecular flexibility index (Phi) is 6.87. The van der Waals surface area contributed by atoms with E-state index in [9.17, 15) is 26.7 Å². The number of aliphatic hydroxyl groups is 1. The van der Waals surface area contributed by atoms with Crippen LogP contribution in [-0.2, 0) is 26.4 Å². The summed E-state index contributed by atoms with van der Waals surface area (Å²) in [6.45, 7) is 5.65. The van der Waals surface area contributed by atoms with E-state index in [1.54, 1.807) is 32.2 Å². The molecule has 1 saturated heterocycles. The zero-order valence-electron chi connectivity index (χ0n) is 20.4. The number of nitrogens with zero attached hydrogens (tertiary/aromatic N) is 2. The van der Waals surface area contributed by atoms with Crippen LogP contribution in [0.3, 0.4) is 0 Å². The molecule has 1 aliphatic rings. The van der Waals surface area contributed by atoms with Gasteiger partial charge in [-0.2, -0.15) is 13.2 Å². The standard InChI is InChI=1S/C25H30F3N3O4S/c1-23(2,18-5-4-6-20(13-18)36(3,33)34)16-24(32,25(26,27)28)14-19-11-17-12-22(29-15-21(17)30-19)31-7-9-35-10-8-31/h4-6,11-13,15,30,32H,7-10,14,16H2,1-3H3. The van der Waals surface area contributed by atoms with Crippen molar-refractivity contribution < 1.29 is 31.4 Å². The van der Waals surface area contributed by atoms with Gasteiger partial charge in [-0.05, 0) is 41.7 Å². The van der Waals surface area contributed by atoms with E-state index in [0.29, 0.717) is 48.6 Å². The Morgan fingerprint density at radius 2 is 1.83 bits per heavy atom. The SMILES string of the molecule is CC(C)(CC(O)(Cc1cc2cc(N3CCOCC3)ncc2[nH]1)C(F)(F)F)c1cccc(S(C)(=O)=O)c1. The Balaban J connectivity index is 1.63. The summed E-state index contributed by atoms with van der Waals surface area (Å²) in [5, 5.41) is 11.7. The molecular formula is C25H30F3N3O4S. The second kappa shape index (κ2) is 9.35. The second-order valence-corrected chi connectivity index (χ2v) is 12.1. The van der Waals surface area contributed by atoms with Gasteiger partial charge in [-0.15, -0.1) is 0 Å². The lowest BCUT2D eigenvalue weighted by molar-refractivity contribution is -0.266. The van der Waals surface area contributed by atoms with Gasteiger partial charge >= 0.3 is 6.18 Å². The highest BCUT2D eigenvalue weighted by Crippen LogP contribution is 2.43. The number of H-pyrrole nitrogens is 1. The Hall–Kier alpha value is -2.63. The number of fused-ring (bicyclic) bond motifs is 1. The molecule has 0 radical (unpaired) electrons. The van der Waals surface area contributed by atoms with Gasteiger partial charge in [-0.25, -0.2) is 13.4 Å². The van der Waals surface area contributed by atoms with E-state index in [0.717, 1.165) is 6.26 Å². The van der Waals surface area contributed by atoms with Crippen LogP contribution < -0.4 is 4.90 Å². The molecule has 0 bridgehead atoms. The number of morpholine rings is 1. The quantitative estimate of drug-likeness (QED) is 0.484. The largest absolute Gasteiger partial charge is 0.417 e. The first-order chi connectivity index (χ1) is 16.7. The van der Waals surface area contributed by atoms with E-state index in [-0.39, 0.29) is 10.6 Å². The molecule has 2 aromatic heterocycles. The number of pyridine rings is 1. The van der Waals surface area contributed by atoms with Crippen molar-refractivity contribution in [2.45, 2.75) is 48.8 Å². The van der Waals surface area contributed by atoms with Crippen LogP contribution in [0.1, 0.15) is 31.5 Å². The molecule has 196 valence electrons. The van der Waals surface area contributed by atoms with Gasteiger partial charge in [-0.3, -0.25) is 0 Å². The maximum absolute atomic E-state index is 14.3. The summed E-state index contributed by atoms with van der Waals surface area (Å²) in [7, 11) is -3.54. The number of alkyl halides is 3. The predicted molar refractivity (Wildman–Crippen MR) is 131 cm³/mol. The highest BCUT2D eigenvalue weighted by atomic mass is 32.2. The number of aromatic nitrogens is 2. The Morgan fingerprint density at radius 1 is 1.14 bits per heavy atom. The average molecular weight is 526 g/mol. The van der Waals surface area contributed by atoms with Gasteiger partial charge in [-0.1, -0.05) is 26.0 Å². The fourth-order valence-corrected chi connectivity index (χ4v) is 5.37. The number of ether oxygens (including phenoxy) is 1. The van der Waals surface area contributed by atoms with E-state index in [1.807, 2.05) is 6.07 Å². The Bertz CT molecular complexity index is 1350. The molecular weight excluding hydrogens is 495 g/mol. The van der Waals surface area contributed by atoms with Gasteiger partial charge in [0.15, 0.2) is 15.4 Å². The topological polar surface area (TPSA) is 95.5 Å². The smallest absolute Gasteiger partial charge is 0.380 e. The number of nitrogens with one attached hydrogen (secondary N) is 1. The van der Waals surface area contributed by atoms with E-state index in [4.69, 9.17) is 4.74 Å². The lowest BCUT2D eigenvalue weighted by atomic mass is 9.73. The monoisotopic (exact) mass is 525 g/mol. The van der Waals surface area contributed by atoms with Gasteiger partial charge in [0.2, 0.25) is 0 Å². The molecule has 0 aliphatic carbocycles. The number of hydrogen-bond acceptors (Lipinski definition) is 6. The summed E-state index contributed by atoms with van der Waals surface area (Å²) in [5.74, 6) is 0.717. The van der Waals surface area contributed by atoms with Crippen molar-refractivity contribution in [3.8, 4) is 0 Å². The molecule has 36 heavy (non-hydrogen) atoms. The lowest BCUT2D eigenvalue weighted by Gasteiger charge is -2.38. The summed E-state index contributed by atoms with van der Waals surface area (Å²) in [5.41, 5.74) is -3.04. The summed E-state index contributed by atoms with van der Waals surface area (Å²) in [6.07, 6.45) is -3.65. The molecule has 3 aromatic rings. The summed E-state index contributed by atoms with van der Waals surface area (Å²) in [6, 6.07) is 9.26. The third kappa shape index (κ3) is 5.52. The van der Waals surface area contributed by atoms with E-state index in [2.05, 4.69) is 14.9 Å². The molecule has 0 amide bonds. The zero-order valence-corrected chi connectivity index (χ0v) is 21.2. The minimum absolute atomic E-state index is 0.0165. The average Bonchev–Trinajstić information content (AvgIpc) is 3.19. The van der Waals surface area contributed by atoms with Crippen LogP contribution in [-0.4, -0.2) is 67.8 Å². The highest BCUT2D eigenvalue weighted by Gasteiger charge is 2.56. The summed E-state index contributed by atoms with van der Waals surface area (Å²) >= 11 is 0. The van der Waals surface area contributed by atoms with E-state index < -0.39 is 39.9 Å².